The van der Waals surface area contributed by atoms with Crippen LogP contribution in [0.4, 0.5) is 5.82 Å². The number of hydrogen-bond acceptors (Lipinski definition) is 3. The first-order chi connectivity index (χ1) is 10.1. The SMILES string of the molecule is CC1CCN(c2nccc3c(Br)cccc23)C(C(=O)O)C1. The summed E-state index contributed by atoms with van der Waals surface area (Å²) in [6.45, 7) is 2.84. The second-order valence-corrected chi connectivity index (χ2v) is 6.50. The van der Waals surface area contributed by atoms with Crippen molar-refractivity contribution >= 4 is 38.5 Å². The Morgan fingerprint density at radius 3 is 2.95 bits per heavy atom. The zero-order chi connectivity index (χ0) is 15.0. The van der Waals surface area contributed by atoms with E-state index in [9.17, 15) is 9.90 Å². The second kappa shape index (κ2) is 5.64. The van der Waals surface area contributed by atoms with E-state index in [0.29, 0.717) is 12.3 Å². The van der Waals surface area contributed by atoms with Crippen LogP contribution in [0.5, 0.6) is 0 Å². The number of carbonyl (C=O) groups is 1. The molecule has 0 bridgehead atoms. The molecule has 3 rings (SSSR count). The molecule has 1 N–H and O–H groups in total. The number of nitrogens with zero attached hydrogens (tertiary/aromatic N) is 2. The largest absolute Gasteiger partial charge is 0.480 e. The molecular formula is C16H17BrN2O2. The van der Waals surface area contributed by atoms with E-state index in [2.05, 4.69) is 27.8 Å². The number of pyridine rings is 1. The smallest absolute Gasteiger partial charge is 0.326 e. The molecule has 0 aliphatic carbocycles. The summed E-state index contributed by atoms with van der Waals surface area (Å²) in [5.74, 6) is 0.438. The number of aliphatic carboxylic acids is 1. The van der Waals surface area contributed by atoms with Crippen LogP contribution in [0.3, 0.4) is 0 Å². The van der Waals surface area contributed by atoms with Crippen molar-refractivity contribution in [3.8, 4) is 0 Å². The molecule has 2 unspecified atom stereocenters. The van der Waals surface area contributed by atoms with Crippen LogP contribution < -0.4 is 4.90 Å². The maximum Gasteiger partial charge on any atom is 0.326 e. The number of carboxylic acid groups (broad SMARTS) is 1. The van der Waals surface area contributed by atoms with Crippen LogP contribution in [-0.4, -0.2) is 28.6 Å². The summed E-state index contributed by atoms with van der Waals surface area (Å²) in [7, 11) is 0. The van der Waals surface area contributed by atoms with Crippen molar-refractivity contribution in [2.45, 2.75) is 25.8 Å². The van der Waals surface area contributed by atoms with Gasteiger partial charge in [-0.1, -0.05) is 35.0 Å². The molecule has 0 amide bonds. The Bertz CT molecular complexity index is 689. The maximum atomic E-state index is 11.6. The quantitative estimate of drug-likeness (QED) is 0.899. The van der Waals surface area contributed by atoms with E-state index < -0.39 is 12.0 Å². The van der Waals surface area contributed by atoms with Gasteiger partial charge in [0, 0.05) is 28.0 Å². The molecule has 4 nitrogen and oxygen atoms in total. The molecule has 2 heterocycles. The minimum Gasteiger partial charge on any atom is -0.480 e. The molecule has 2 aromatic rings. The zero-order valence-electron chi connectivity index (χ0n) is 11.8. The van der Waals surface area contributed by atoms with E-state index in [-0.39, 0.29) is 0 Å². The number of benzene rings is 1. The maximum absolute atomic E-state index is 11.6. The van der Waals surface area contributed by atoms with E-state index in [4.69, 9.17) is 0 Å². The number of hydrogen-bond donors (Lipinski definition) is 1. The summed E-state index contributed by atoms with van der Waals surface area (Å²) in [4.78, 5) is 18.0. The lowest BCUT2D eigenvalue weighted by molar-refractivity contribution is -0.139. The van der Waals surface area contributed by atoms with Gasteiger partial charge in [-0.3, -0.25) is 0 Å². The standard InChI is InChI=1S/C16H17BrN2O2/c1-10-6-8-19(14(9-10)16(20)21)15-12-3-2-4-13(17)11(12)5-7-18-15/h2-5,7,10,14H,6,8-9H2,1H3,(H,20,21). The van der Waals surface area contributed by atoms with Gasteiger partial charge in [0.25, 0.3) is 0 Å². The number of carboxylic acids is 1. The fraction of sp³-hybridized carbons (Fsp3) is 0.375. The molecule has 2 atom stereocenters. The van der Waals surface area contributed by atoms with Gasteiger partial charge in [-0.25, -0.2) is 9.78 Å². The highest BCUT2D eigenvalue weighted by Crippen LogP contribution is 2.34. The summed E-state index contributed by atoms with van der Waals surface area (Å²) >= 11 is 3.55. The summed E-state index contributed by atoms with van der Waals surface area (Å²) in [5, 5.41) is 11.6. The molecule has 1 fully saturated rings. The number of anilines is 1. The van der Waals surface area contributed by atoms with E-state index in [1.807, 2.05) is 29.2 Å². The topological polar surface area (TPSA) is 53.4 Å². The third-order valence-corrected chi connectivity index (χ3v) is 4.85. The van der Waals surface area contributed by atoms with Crippen molar-refractivity contribution in [2.75, 3.05) is 11.4 Å². The highest BCUT2D eigenvalue weighted by Gasteiger charge is 2.33. The molecule has 0 radical (unpaired) electrons. The van der Waals surface area contributed by atoms with E-state index in [1.165, 1.54) is 0 Å². The van der Waals surface area contributed by atoms with Crippen molar-refractivity contribution in [3.63, 3.8) is 0 Å². The average Bonchev–Trinajstić information content (AvgIpc) is 2.47. The lowest BCUT2D eigenvalue weighted by Crippen LogP contribution is -2.47. The minimum atomic E-state index is -0.768. The Morgan fingerprint density at radius 1 is 1.38 bits per heavy atom. The summed E-state index contributed by atoms with van der Waals surface area (Å²) in [6.07, 6.45) is 3.41. The van der Waals surface area contributed by atoms with E-state index >= 15 is 0 Å². The fourth-order valence-corrected chi connectivity index (χ4v) is 3.51. The number of aromatic nitrogens is 1. The van der Waals surface area contributed by atoms with Crippen molar-refractivity contribution < 1.29 is 9.90 Å². The first-order valence-corrected chi connectivity index (χ1v) is 7.90. The van der Waals surface area contributed by atoms with Crippen molar-refractivity contribution in [3.05, 3.63) is 34.9 Å². The van der Waals surface area contributed by atoms with Crippen LogP contribution in [0.1, 0.15) is 19.8 Å². The number of fused-ring (bicyclic) bond motifs is 1. The number of rotatable bonds is 2. The molecule has 1 aliphatic heterocycles. The Labute approximate surface area is 131 Å². The van der Waals surface area contributed by atoms with Crippen LogP contribution in [-0.2, 0) is 4.79 Å². The molecule has 21 heavy (non-hydrogen) atoms. The predicted octanol–water partition coefficient (Wildman–Crippen LogP) is 3.69. The van der Waals surface area contributed by atoms with Gasteiger partial charge < -0.3 is 10.0 Å². The van der Waals surface area contributed by atoms with Crippen LogP contribution in [0.15, 0.2) is 34.9 Å². The van der Waals surface area contributed by atoms with Crippen LogP contribution in [0.2, 0.25) is 0 Å². The zero-order valence-corrected chi connectivity index (χ0v) is 13.4. The van der Waals surface area contributed by atoms with Gasteiger partial charge in [-0.05, 0) is 30.9 Å². The van der Waals surface area contributed by atoms with Crippen LogP contribution in [0.25, 0.3) is 10.8 Å². The molecule has 0 saturated carbocycles. The summed E-state index contributed by atoms with van der Waals surface area (Å²) < 4.78 is 1.00. The monoisotopic (exact) mass is 348 g/mol. The third kappa shape index (κ3) is 2.62. The highest BCUT2D eigenvalue weighted by molar-refractivity contribution is 9.10. The van der Waals surface area contributed by atoms with Crippen molar-refractivity contribution in [1.29, 1.82) is 0 Å². The second-order valence-electron chi connectivity index (χ2n) is 5.65. The van der Waals surface area contributed by atoms with Crippen LogP contribution >= 0.6 is 15.9 Å². The molecule has 0 spiro atoms. The number of piperidine rings is 1. The summed E-state index contributed by atoms with van der Waals surface area (Å²) in [6, 6.07) is 7.40. The van der Waals surface area contributed by atoms with Gasteiger partial charge in [-0.15, -0.1) is 0 Å². The van der Waals surface area contributed by atoms with Crippen molar-refractivity contribution in [2.24, 2.45) is 5.92 Å². The molecule has 5 heteroatoms. The Kier molecular flexibility index (Phi) is 3.85. The van der Waals surface area contributed by atoms with Gasteiger partial charge in [0.1, 0.15) is 11.9 Å². The lowest BCUT2D eigenvalue weighted by atomic mass is 9.92. The average molecular weight is 349 g/mol. The highest BCUT2D eigenvalue weighted by atomic mass is 79.9. The van der Waals surface area contributed by atoms with Gasteiger partial charge >= 0.3 is 5.97 Å². The molecule has 110 valence electrons. The molecule has 1 aromatic heterocycles. The molecule has 1 aliphatic rings. The molecule has 1 saturated heterocycles. The van der Waals surface area contributed by atoms with Gasteiger partial charge in [0.15, 0.2) is 0 Å². The van der Waals surface area contributed by atoms with Crippen LogP contribution in [0, 0.1) is 5.92 Å². The van der Waals surface area contributed by atoms with Gasteiger partial charge in [-0.2, -0.15) is 0 Å². The predicted molar refractivity (Wildman–Crippen MR) is 86.6 cm³/mol. The van der Waals surface area contributed by atoms with E-state index in [0.717, 1.165) is 34.0 Å². The fourth-order valence-electron chi connectivity index (χ4n) is 3.01. The van der Waals surface area contributed by atoms with Gasteiger partial charge in [0.2, 0.25) is 0 Å². The Balaban J connectivity index is 2.10. The third-order valence-electron chi connectivity index (χ3n) is 4.15. The van der Waals surface area contributed by atoms with Gasteiger partial charge in [0.05, 0.1) is 0 Å². The summed E-state index contributed by atoms with van der Waals surface area (Å²) in [5.41, 5.74) is 0. The first-order valence-electron chi connectivity index (χ1n) is 7.10. The molecule has 1 aromatic carbocycles. The minimum absolute atomic E-state index is 0.434. The lowest BCUT2D eigenvalue weighted by Gasteiger charge is -2.37. The van der Waals surface area contributed by atoms with E-state index in [1.54, 1.807) is 6.20 Å². The normalized spacial score (nSPS) is 22.5. The first kappa shape index (κ1) is 14.3. The number of halogens is 1. The molecular weight excluding hydrogens is 332 g/mol. The Morgan fingerprint density at radius 2 is 2.19 bits per heavy atom. The van der Waals surface area contributed by atoms with Crippen molar-refractivity contribution in [1.82, 2.24) is 4.98 Å². The Hall–Kier alpha value is -1.62.